The molecule has 1 aromatic heterocycles. The molecular weight excluding hydrogens is 367 g/mol. The minimum absolute atomic E-state index is 0.0208. The van der Waals surface area contributed by atoms with Gasteiger partial charge in [-0.25, -0.2) is 4.39 Å². The lowest BCUT2D eigenvalue weighted by molar-refractivity contribution is 0.182. The van der Waals surface area contributed by atoms with Crippen LogP contribution < -0.4 is 5.32 Å². The Labute approximate surface area is 171 Å². The summed E-state index contributed by atoms with van der Waals surface area (Å²) in [5, 5.41) is 14.3. The van der Waals surface area contributed by atoms with Gasteiger partial charge in [0.25, 0.3) is 0 Å². The Balaban J connectivity index is 1.63. The fourth-order valence-electron chi connectivity index (χ4n) is 3.55. The minimum atomic E-state index is -0.352. The number of H-pyrrole nitrogens is 1. The first-order valence-electron chi connectivity index (χ1n) is 9.99. The van der Waals surface area contributed by atoms with Gasteiger partial charge in [0.2, 0.25) is 0 Å². The highest BCUT2D eigenvalue weighted by Crippen LogP contribution is 2.27. The van der Waals surface area contributed by atoms with Crippen molar-refractivity contribution in [3.63, 3.8) is 0 Å². The van der Waals surface area contributed by atoms with Crippen LogP contribution in [0.4, 0.5) is 15.8 Å². The first kappa shape index (κ1) is 20.9. The van der Waals surface area contributed by atoms with Crippen molar-refractivity contribution in [1.82, 2.24) is 9.88 Å². The second-order valence-corrected chi connectivity index (χ2v) is 7.73. The molecule has 0 fully saturated rings. The van der Waals surface area contributed by atoms with Gasteiger partial charge in [0.05, 0.1) is 16.8 Å². The number of hydrogen-bond acceptors (Lipinski definition) is 4. The smallest absolute Gasteiger partial charge is 0.198 e. The Morgan fingerprint density at radius 2 is 1.79 bits per heavy atom. The normalized spacial score (nSPS) is 12.1. The van der Waals surface area contributed by atoms with Gasteiger partial charge in [0.1, 0.15) is 5.82 Å². The monoisotopic (exact) mass is 396 g/mol. The molecule has 3 rings (SSSR count). The van der Waals surface area contributed by atoms with E-state index < -0.39 is 0 Å². The first-order chi connectivity index (χ1) is 13.8. The predicted octanol–water partition coefficient (Wildman–Crippen LogP) is 5.29. The number of rotatable bonds is 8. The molecule has 154 valence electrons. The van der Waals surface area contributed by atoms with Gasteiger partial charge in [0, 0.05) is 42.5 Å². The van der Waals surface area contributed by atoms with Crippen LogP contribution in [0.15, 0.2) is 47.5 Å². The molecule has 29 heavy (non-hydrogen) atoms. The molecule has 0 radical (unpaired) electrons. The number of benzene rings is 2. The number of nitrogens with one attached hydrogen (secondary N) is 2. The molecule has 0 aliphatic carbocycles. The number of aromatic nitrogens is 1. The van der Waals surface area contributed by atoms with E-state index in [-0.39, 0.29) is 11.7 Å². The molecule has 0 saturated carbocycles. The quantitative estimate of drug-likeness (QED) is 0.453. The second kappa shape index (κ2) is 9.09. The average Bonchev–Trinajstić information content (AvgIpc) is 2.98. The summed E-state index contributed by atoms with van der Waals surface area (Å²) in [4.78, 5) is 9.66. The van der Waals surface area contributed by atoms with Crippen LogP contribution in [0, 0.1) is 5.82 Å². The average molecular weight is 397 g/mol. The third kappa shape index (κ3) is 5.15. The number of aliphatic imine (C=N–C) groups is 1. The summed E-state index contributed by atoms with van der Waals surface area (Å²) < 4.78 is 13.3. The van der Waals surface area contributed by atoms with Gasteiger partial charge >= 0.3 is 0 Å². The highest BCUT2D eigenvalue weighted by molar-refractivity contribution is 6.02. The standard InChI is InChI=1S/C23H29FN4O/c1-15(2)28(16(3)4)12-11-25-18-6-8-19(9-7-18)26-14-21-20-10-5-17(24)13-22(20)27-23(21)29/h5-10,13-16,25,27,29H,11-12H2,1-4H3. The summed E-state index contributed by atoms with van der Waals surface area (Å²) in [7, 11) is 0. The van der Waals surface area contributed by atoms with Gasteiger partial charge < -0.3 is 15.4 Å². The largest absolute Gasteiger partial charge is 0.494 e. The SMILES string of the molecule is CC(C)N(CCNc1ccc(N=Cc2c(O)[nH]c3cc(F)ccc23)cc1)C(C)C. The highest BCUT2D eigenvalue weighted by Gasteiger charge is 2.12. The number of fused-ring (bicyclic) bond motifs is 1. The van der Waals surface area contributed by atoms with Crippen molar-refractivity contribution in [2.24, 2.45) is 4.99 Å². The molecule has 0 spiro atoms. The number of nitrogens with zero attached hydrogens (tertiary/aromatic N) is 2. The molecule has 1 heterocycles. The van der Waals surface area contributed by atoms with E-state index in [9.17, 15) is 9.50 Å². The van der Waals surface area contributed by atoms with E-state index in [2.05, 4.69) is 47.9 Å². The first-order valence-corrected chi connectivity index (χ1v) is 9.99. The molecular formula is C23H29FN4O. The summed E-state index contributed by atoms with van der Waals surface area (Å²) >= 11 is 0. The lowest BCUT2D eigenvalue weighted by Gasteiger charge is -2.30. The molecule has 6 heteroatoms. The maximum atomic E-state index is 13.3. The number of anilines is 1. The van der Waals surface area contributed by atoms with Crippen LogP contribution in [0.5, 0.6) is 5.88 Å². The van der Waals surface area contributed by atoms with Crippen LogP contribution in [0.25, 0.3) is 10.9 Å². The van der Waals surface area contributed by atoms with Gasteiger partial charge in [-0.1, -0.05) is 0 Å². The lowest BCUT2D eigenvalue weighted by atomic mass is 10.2. The molecule has 0 unspecified atom stereocenters. The summed E-state index contributed by atoms with van der Waals surface area (Å²) in [6, 6.07) is 13.2. The molecule has 0 amide bonds. The zero-order valence-corrected chi connectivity index (χ0v) is 17.4. The van der Waals surface area contributed by atoms with Crippen molar-refractivity contribution in [1.29, 1.82) is 0 Å². The summed E-state index contributed by atoms with van der Waals surface area (Å²) in [5.74, 6) is -0.372. The zero-order valence-electron chi connectivity index (χ0n) is 17.4. The molecule has 0 atom stereocenters. The fourth-order valence-corrected chi connectivity index (χ4v) is 3.55. The Kier molecular flexibility index (Phi) is 6.54. The molecule has 0 aliphatic rings. The summed E-state index contributed by atoms with van der Waals surface area (Å²) in [6.07, 6.45) is 1.59. The third-order valence-electron chi connectivity index (χ3n) is 5.02. The third-order valence-corrected chi connectivity index (χ3v) is 5.02. The van der Waals surface area contributed by atoms with Gasteiger partial charge in [-0.05, 0) is 70.2 Å². The van der Waals surface area contributed by atoms with Crippen LogP contribution in [-0.4, -0.2) is 46.4 Å². The Hall–Kier alpha value is -2.86. The van der Waals surface area contributed by atoms with Crippen LogP contribution in [-0.2, 0) is 0 Å². The van der Waals surface area contributed by atoms with Crippen molar-refractivity contribution in [3.05, 3.63) is 53.8 Å². The van der Waals surface area contributed by atoms with Crippen molar-refractivity contribution >= 4 is 28.5 Å². The summed E-state index contributed by atoms with van der Waals surface area (Å²) in [5.41, 5.74) is 2.91. The van der Waals surface area contributed by atoms with Gasteiger partial charge in [-0.2, -0.15) is 0 Å². The van der Waals surface area contributed by atoms with Gasteiger partial charge in [0.15, 0.2) is 5.88 Å². The van der Waals surface area contributed by atoms with Gasteiger partial charge in [-0.3, -0.25) is 9.89 Å². The van der Waals surface area contributed by atoms with E-state index in [4.69, 9.17) is 0 Å². The number of aromatic amines is 1. The van der Waals surface area contributed by atoms with E-state index in [1.807, 2.05) is 24.3 Å². The Morgan fingerprint density at radius 3 is 2.45 bits per heavy atom. The van der Waals surface area contributed by atoms with E-state index in [1.165, 1.54) is 12.1 Å². The second-order valence-electron chi connectivity index (χ2n) is 7.73. The van der Waals surface area contributed by atoms with Crippen LogP contribution in [0.2, 0.25) is 0 Å². The molecule has 0 bridgehead atoms. The van der Waals surface area contributed by atoms with E-state index in [1.54, 1.807) is 12.3 Å². The predicted molar refractivity (Wildman–Crippen MR) is 119 cm³/mol. The van der Waals surface area contributed by atoms with E-state index in [0.717, 1.165) is 29.9 Å². The number of halogens is 1. The Morgan fingerprint density at radius 1 is 1.10 bits per heavy atom. The Bertz CT molecular complexity index is 968. The van der Waals surface area contributed by atoms with Gasteiger partial charge in [-0.15, -0.1) is 0 Å². The van der Waals surface area contributed by atoms with Crippen LogP contribution >= 0.6 is 0 Å². The zero-order chi connectivity index (χ0) is 21.0. The van der Waals surface area contributed by atoms with E-state index >= 15 is 0 Å². The molecule has 0 aliphatic heterocycles. The van der Waals surface area contributed by atoms with Crippen LogP contribution in [0.1, 0.15) is 33.3 Å². The van der Waals surface area contributed by atoms with Crippen molar-refractivity contribution in [2.45, 2.75) is 39.8 Å². The topological polar surface area (TPSA) is 63.6 Å². The van der Waals surface area contributed by atoms with Crippen molar-refractivity contribution in [2.75, 3.05) is 18.4 Å². The van der Waals surface area contributed by atoms with Crippen LogP contribution in [0.3, 0.4) is 0 Å². The number of aromatic hydroxyl groups is 1. The molecule has 5 nitrogen and oxygen atoms in total. The maximum absolute atomic E-state index is 13.3. The highest BCUT2D eigenvalue weighted by atomic mass is 19.1. The van der Waals surface area contributed by atoms with Crippen molar-refractivity contribution < 1.29 is 9.50 Å². The fraction of sp³-hybridized carbons (Fsp3) is 0.348. The minimum Gasteiger partial charge on any atom is -0.494 e. The number of hydrogen-bond donors (Lipinski definition) is 3. The molecule has 2 aromatic carbocycles. The molecule has 3 aromatic rings. The summed E-state index contributed by atoms with van der Waals surface area (Å²) in [6.45, 7) is 10.7. The molecule has 3 N–H and O–H groups in total. The lowest BCUT2D eigenvalue weighted by Crippen LogP contribution is -2.40. The van der Waals surface area contributed by atoms with Crippen molar-refractivity contribution in [3.8, 4) is 5.88 Å². The molecule has 0 saturated heterocycles. The maximum Gasteiger partial charge on any atom is 0.198 e. The van der Waals surface area contributed by atoms with E-state index in [0.29, 0.717) is 23.2 Å².